The Labute approximate surface area is 123 Å². The van der Waals surface area contributed by atoms with E-state index in [9.17, 15) is 0 Å². The summed E-state index contributed by atoms with van der Waals surface area (Å²) >= 11 is 0. The van der Waals surface area contributed by atoms with Gasteiger partial charge in [-0.3, -0.25) is 4.98 Å². The van der Waals surface area contributed by atoms with Crippen LogP contribution in [0, 0.1) is 0 Å². The van der Waals surface area contributed by atoms with E-state index < -0.39 is 0 Å². The summed E-state index contributed by atoms with van der Waals surface area (Å²) in [6, 6.07) is 4.89. The molecular weight excluding hydrogens is 248 g/mol. The van der Waals surface area contributed by atoms with Gasteiger partial charge in [0.2, 0.25) is 0 Å². The van der Waals surface area contributed by atoms with Crippen LogP contribution in [0.15, 0.2) is 24.5 Å². The molecule has 1 aromatic rings. The summed E-state index contributed by atoms with van der Waals surface area (Å²) in [5.74, 6) is 0. The molecule has 1 aliphatic heterocycles. The summed E-state index contributed by atoms with van der Waals surface area (Å²) in [5, 5.41) is 3.71. The van der Waals surface area contributed by atoms with Crippen LogP contribution in [0.5, 0.6) is 0 Å². The van der Waals surface area contributed by atoms with Crippen molar-refractivity contribution in [2.24, 2.45) is 0 Å². The Morgan fingerprint density at radius 2 is 1.85 bits per heavy atom. The Morgan fingerprint density at radius 1 is 1.20 bits per heavy atom. The van der Waals surface area contributed by atoms with Gasteiger partial charge < -0.3 is 15.1 Å². The SMILES string of the molecule is CCN(CC)CCNC1CCN(c2ccncc2)CC1. The number of rotatable bonds is 7. The molecule has 0 aromatic carbocycles. The van der Waals surface area contributed by atoms with Crippen molar-refractivity contribution in [2.75, 3.05) is 44.2 Å². The molecule has 1 saturated heterocycles. The van der Waals surface area contributed by atoms with Crippen molar-refractivity contribution in [3.8, 4) is 0 Å². The summed E-state index contributed by atoms with van der Waals surface area (Å²) in [7, 11) is 0. The third kappa shape index (κ3) is 4.46. The number of anilines is 1. The van der Waals surface area contributed by atoms with E-state index in [0.717, 1.165) is 39.3 Å². The molecule has 0 radical (unpaired) electrons. The minimum Gasteiger partial charge on any atom is -0.371 e. The highest BCUT2D eigenvalue weighted by Crippen LogP contribution is 2.18. The van der Waals surface area contributed by atoms with Gasteiger partial charge in [-0.2, -0.15) is 0 Å². The number of aromatic nitrogens is 1. The summed E-state index contributed by atoms with van der Waals surface area (Å²) < 4.78 is 0. The maximum absolute atomic E-state index is 4.08. The van der Waals surface area contributed by atoms with E-state index in [2.05, 4.69) is 46.1 Å². The van der Waals surface area contributed by atoms with E-state index >= 15 is 0 Å². The highest BCUT2D eigenvalue weighted by Gasteiger charge is 2.18. The van der Waals surface area contributed by atoms with Gasteiger partial charge in [-0.25, -0.2) is 0 Å². The zero-order valence-electron chi connectivity index (χ0n) is 12.9. The Hall–Kier alpha value is -1.13. The molecule has 0 unspecified atom stereocenters. The van der Waals surface area contributed by atoms with Crippen molar-refractivity contribution in [3.63, 3.8) is 0 Å². The summed E-state index contributed by atoms with van der Waals surface area (Å²) in [5.41, 5.74) is 1.31. The third-order valence-corrected chi connectivity index (χ3v) is 4.28. The van der Waals surface area contributed by atoms with Gasteiger partial charge in [0.05, 0.1) is 0 Å². The largest absolute Gasteiger partial charge is 0.371 e. The second-order valence-corrected chi connectivity index (χ2v) is 5.45. The van der Waals surface area contributed by atoms with Crippen LogP contribution in [0.25, 0.3) is 0 Å². The monoisotopic (exact) mass is 276 g/mol. The number of hydrogen-bond donors (Lipinski definition) is 1. The van der Waals surface area contributed by atoms with E-state index in [1.807, 2.05) is 12.4 Å². The number of pyridine rings is 1. The smallest absolute Gasteiger partial charge is 0.0397 e. The van der Waals surface area contributed by atoms with Gasteiger partial charge in [-0.15, -0.1) is 0 Å². The van der Waals surface area contributed by atoms with Crippen LogP contribution >= 0.6 is 0 Å². The molecule has 0 spiro atoms. The standard InChI is InChI=1S/C16H28N4/c1-3-19(4-2)14-11-18-15-7-12-20(13-8-15)16-5-9-17-10-6-16/h5-6,9-10,15,18H,3-4,7-8,11-14H2,1-2H3. The summed E-state index contributed by atoms with van der Waals surface area (Å²) in [6.45, 7) is 11.3. The first-order valence-electron chi connectivity index (χ1n) is 7.94. The zero-order valence-corrected chi connectivity index (χ0v) is 12.9. The fraction of sp³-hybridized carbons (Fsp3) is 0.688. The highest BCUT2D eigenvalue weighted by atomic mass is 15.2. The van der Waals surface area contributed by atoms with Crippen molar-refractivity contribution < 1.29 is 0 Å². The predicted octanol–water partition coefficient (Wildman–Crippen LogP) is 1.98. The molecule has 4 nitrogen and oxygen atoms in total. The molecule has 2 rings (SSSR count). The number of likely N-dealkylation sites (N-methyl/N-ethyl adjacent to an activating group) is 1. The average molecular weight is 276 g/mol. The number of nitrogens with one attached hydrogen (secondary N) is 1. The maximum Gasteiger partial charge on any atom is 0.0397 e. The Bertz CT molecular complexity index is 356. The van der Waals surface area contributed by atoms with E-state index in [1.165, 1.54) is 18.5 Å². The molecule has 1 aromatic heterocycles. The molecule has 1 aliphatic rings. The molecule has 0 aliphatic carbocycles. The Kier molecular flexibility index (Phi) is 6.27. The van der Waals surface area contributed by atoms with Crippen LogP contribution < -0.4 is 10.2 Å². The fourth-order valence-corrected chi connectivity index (χ4v) is 2.86. The highest BCUT2D eigenvalue weighted by molar-refractivity contribution is 5.44. The van der Waals surface area contributed by atoms with Crippen molar-refractivity contribution >= 4 is 5.69 Å². The first-order chi connectivity index (χ1) is 9.83. The molecule has 1 fully saturated rings. The topological polar surface area (TPSA) is 31.4 Å². The van der Waals surface area contributed by atoms with Gasteiger partial charge in [0.15, 0.2) is 0 Å². The van der Waals surface area contributed by atoms with Gasteiger partial charge in [-0.05, 0) is 38.1 Å². The number of hydrogen-bond acceptors (Lipinski definition) is 4. The minimum absolute atomic E-state index is 0.684. The van der Waals surface area contributed by atoms with Crippen LogP contribution in [0.1, 0.15) is 26.7 Å². The fourth-order valence-electron chi connectivity index (χ4n) is 2.86. The summed E-state index contributed by atoms with van der Waals surface area (Å²) in [6.07, 6.45) is 6.23. The van der Waals surface area contributed by atoms with Gasteiger partial charge >= 0.3 is 0 Å². The minimum atomic E-state index is 0.684. The molecule has 0 amide bonds. The maximum atomic E-state index is 4.08. The molecule has 0 bridgehead atoms. The van der Waals surface area contributed by atoms with Crippen molar-refractivity contribution in [2.45, 2.75) is 32.7 Å². The zero-order chi connectivity index (χ0) is 14.2. The second kappa shape index (κ2) is 8.22. The lowest BCUT2D eigenvalue weighted by molar-refractivity contribution is 0.290. The Morgan fingerprint density at radius 3 is 2.45 bits per heavy atom. The molecule has 20 heavy (non-hydrogen) atoms. The number of piperidine rings is 1. The Balaban J connectivity index is 1.67. The first kappa shape index (κ1) is 15.3. The summed E-state index contributed by atoms with van der Waals surface area (Å²) in [4.78, 5) is 9.02. The van der Waals surface area contributed by atoms with Crippen LogP contribution in [0.4, 0.5) is 5.69 Å². The quantitative estimate of drug-likeness (QED) is 0.825. The average Bonchev–Trinajstić information content (AvgIpc) is 2.53. The van der Waals surface area contributed by atoms with Crippen LogP contribution in [-0.4, -0.2) is 55.2 Å². The van der Waals surface area contributed by atoms with Crippen molar-refractivity contribution in [1.82, 2.24) is 15.2 Å². The number of nitrogens with zero attached hydrogens (tertiary/aromatic N) is 3. The molecular formula is C16H28N4. The molecule has 4 heteroatoms. The normalized spacial score (nSPS) is 16.9. The van der Waals surface area contributed by atoms with E-state index in [0.29, 0.717) is 6.04 Å². The van der Waals surface area contributed by atoms with Gasteiger partial charge in [0.1, 0.15) is 0 Å². The molecule has 0 saturated carbocycles. The van der Waals surface area contributed by atoms with E-state index in [4.69, 9.17) is 0 Å². The van der Waals surface area contributed by atoms with Crippen LogP contribution in [0.2, 0.25) is 0 Å². The van der Waals surface area contributed by atoms with Crippen molar-refractivity contribution in [1.29, 1.82) is 0 Å². The lowest BCUT2D eigenvalue weighted by Gasteiger charge is -2.34. The lowest BCUT2D eigenvalue weighted by Crippen LogP contribution is -2.44. The van der Waals surface area contributed by atoms with Crippen LogP contribution in [0.3, 0.4) is 0 Å². The van der Waals surface area contributed by atoms with Crippen molar-refractivity contribution in [3.05, 3.63) is 24.5 Å². The van der Waals surface area contributed by atoms with E-state index in [-0.39, 0.29) is 0 Å². The van der Waals surface area contributed by atoms with E-state index in [1.54, 1.807) is 0 Å². The second-order valence-electron chi connectivity index (χ2n) is 5.45. The molecule has 1 N–H and O–H groups in total. The van der Waals surface area contributed by atoms with Gasteiger partial charge in [-0.1, -0.05) is 13.8 Å². The molecule has 0 atom stereocenters. The first-order valence-corrected chi connectivity index (χ1v) is 7.94. The molecule has 2 heterocycles. The lowest BCUT2D eigenvalue weighted by atomic mass is 10.0. The molecule has 112 valence electrons. The van der Waals surface area contributed by atoms with Gasteiger partial charge in [0, 0.05) is 50.3 Å². The predicted molar refractivity (Wildman–Crippen MR) is 85.3 cm³/mol. The van der Waals surface area contributed by atoms with Gasteiger partial charge in [0.25, 0.3) is 0 Å². The third-order valence-electron chi connectivity index (χ3n) is 4.28. The van der Waals surface area contributed by atoms with Crippen LogP contribution in [-0.2, 0) is 0 Å².